The summed E-state index contributed by atoms with van der Waals surface area (Å²) in [4.78, 5) is 15.0. The molecule has 0 saturated heterocycles. The average molecular weight is 640 g/mol. The van der Waals surface area contributed by atoms with Crippen molar-refractivity contribution in [3.8, 4) is 22.8 Å². The van der Waals surface area contributed by atoms with Gasteiger partial charge in [0, 0.05) is 34.7 Å². The lowest BCUT2D eigenvalue weighted by Crippen LogP contribution is -2.29. The van der Waals surface area contributed by atoms with Crippen molar-refractivity contribution in [1.29, 1.82) is 0 Å². The number of fused-ring (bicyclic) bond motifs is 1. The Kier molecular flexibility index (Phi) is 8.50. The summed E-state index contributed by atoms with van der Waals surface area (Å²) >= 11 is 3.17. The number of benzene rings is 3. The topological polar surface area (TPSA) is 109 Å². The van der Waals surface area contributed by atoms with Gasteiger partial charge in [0.15, 0.2) is 11.5 Å². The molecule has 2 amide bonds. The second-order valence-corrected chi connectivity index (χ2v) is 13.2. The van der Waals surface area contributed by atoms with E-state index in [4.69, 9.17) is 5.10 Å². The normalized spacial score (nSPS) is 11.6. The van der Waals surface area contributed by atoms with E-state index in [2.05, 4.69) is 34.7 Å². The zero-order chi connectivity index (χ0) is 31.6. The summed E-state index contributed by atoms with van der Waals surface area (Å²) in [6.45, 7) is 4.40. The molecule has 3 heterocycles. The first-order valence-electron chi connectivity index (χ1n) is 14.1. The summed E-state index contributed by atoms with van der Waals surface area (Å²) in [5.41, 5.74) is 3.31. The van der Waals surface area contributed by atoms with E-state index in [0.717, 1.165) is 21.0 Å². The number of nitrogens with one attached hydrogen (secondary N) is 2. The minimum absolute atomic E-state index is 0.102. The number of hydrogen-bond acceptors (Lipinski definition) is 7. The molecule has 0 aliphatic rings. The van der Waals surface area contributed by atoms with E-state index in [0.29, 0.717) is 28.5 Å². The van der Waals surface area contributed by atoms with Crippen LogP contribution in [0.4, 0.5) is 15.0 Å². The lowest BCUT2D eigenvalue weighted by molar-refractivity contribution is 0.251. The minimum Gasteiger partial charge on any atom is -0.508 e. The summed E-state index contributed by atoms with van der Waals surface area (Å²) in [5.74, 6) is 0.635. The highest BCUT2D eigenvalue weighted by molar-refractivity contribution is 7.99. The molecule has 0 bridgehead atoms. The lowest BCUT2D eigenvalue weighted by Gasteiger charge is -2.18. The van der Waals surface area contributed by atoms with Crippen LogP contribution < -0.4 is 10.6 Å². The molecule has 0 fully saturated rings. The first-order chi connectivity index (χ1) is 21.7. The number of phenols is 1. The maximum Gasteiger partial charge on any atom is 0.320 e. The van der Waals surface area contributed by atoms with E-state index in [1.807, 2.05) is 61.0 Å². The van der Waals surface area contributed by atoms with Crippen LogP contribution >= 0.6 is 23.5 Å². The molecule has 0 spiro atoms. The van der Waals surface area contributed by atoms with Gasteiger partial charge in [0.05, 0.1) is 21.7 Å². The fraction of sp³-hybridized carbons (Fsp3) is 0.152. The molecular weight excluding hydrogens is 610 g/mol. The number of halogens is 1. The summed E-state index contributed by atoms with van der Waals surface area (Å²) in [5, 5.41) is 29.1. The number of aromatic nitrogens is 5. The van der Waals surface area contributed by atoms with Crippen LogP contribution in [-0.4, -0.2) is 41.8 Å². The smallest absolute Gasteiger partial charge is 0.320 e. The molecule has 3 aromatic carbocycles. The van der Waals surface area contributed by atoms with Gasteiger partial charge in [0.2, 0.25) is 0 Å². The third-order valence-corrected chi connectivity index (χ3v) is 9.61. The lowest BCUT2D eigenvalue weighted by atomic mass is 10.1. The van der Waals surface area contributed by atoms with E-state index >= 15 is 0 Å². The number of rotatable bonds is 9. The Bertz CT molecular complexity index is 2010. The molecule has 6 aromatic rings. The Balaban J connectivity index is 1.20. The van der Waals surface area contributed by atoms with Crippen molar-refractivity contribution in [3.05, 3.63) is 114 Å². The molecule has 0 unspecified atom stereocenters. The van der Waals surface area contributed by atoms with Gasteiger partial charge in [0.1, 0.15) is 17.4 Å². The van der Waals surface area contributed by atoms with Crippen molar-refractivity contribution in [2.45, 2.75) is 34.9 Å². The third-order valence-electron chi connectivity index (χ3n) is 7.28. The van der Waals surface area contributed by atoms with Crippen LogP contribution in [0.5, 0.6) is 5.75 Å². The van der Waals surface area contributed by atoms with Crippen molar-refractivity contribution in [1.82, 2.24) is 29.7 Å². The van der Waals surface area contributed by atoms with Gasteiger partial charge in [0.25, 0.3) is 0 Å². The largest absolute Gasteiger partial charge is 0.508 e. The van der Waals surface area contributed by atoms with E-state index in [9.17, 15) is 14.3 Å². The maximum atomic E-state index is 14.5. The molecule has 45 heavy (non-hydrogen) atoms. The first kappa shape index (κ1) is 30.2. The SMILES string of the molecule is CSC(C)(C)c1cc(NC(=O)NCc2ccccc2Sc2ccc3nnc(-c4ccccc4F)n3c2)n(-c2cccc(O)c2)n1. The van der Waals surface area contributed by atoms with E-state index in [1.54, 1.807) is 57.2 Å². The fourth-order valence-electron chi connectivity index (χ4n) is 4.66. The van der Waals surface area contributed by atoms with Crippen LogP contribution in [0.3, 0.4) is 0 Å². The van der Waals surface area contributed by atoms with Crippen molar-refractivity contribution in [3.63, 3.8) is 0 Å². The predicted molar refractivity (Wildman–Crippen MR) is 177 cm³/mol. The number of urea groups is 1. The van der Waals surface area contributed by atoms with Gasteiger partial charge in [-0.05, 0) is 68.1 Å². The Labute approximate surface area is 267 Å². The summed E-state index contributed by atoms with van der Waals surface area (Å²) < 4.78 is 17.6. The second-order valence-electron chi connectivity index (χ2n) is 10.7. The Morgan fingerprint density at radius 2 is 1.78 bits per heavy atom. The van der Waals surface area contributed by atoms with Crippen LogP contribution in [0, 0.1) is 5.82 Å². The number of carbonyl (C=O) groups is 1. The van der Waals surface area contributed by atoms with Crippen LogP contribution in [0.15, 0.2) is 107 Å². The van der Waals surface area contributed by atoms with Gasteiger partial charge in [-0.15, -0.1) is 10.2 Å². The average Bonchev–Trinajstić information content (AvgIpc) is 3.66. The molecule has 0 atom stereocenters. The molecule has 3 aromatic heterocycles. The van der Waals surface area contributed by atoms with Crippen LogP contribution in [0.1, 0.15) is 25.1 Å². The van der Waals surface area contributed by atoms with Crippen molar-refractivity contribution >= 4 is 41.0 Å². The monoisotopic (exact) mass is 639 g/mol. The Hall–Kier alpha value is -4.81. The van der Waals surface area contributed by atoms with E-state index < -0.39 is 6.03 Å². The molecule has 0 radical (unpaired) electrons. The molecule has 3 N–H and O–H groups in total. The number of amides is 2. The second kappa shape index (κ2) is 12.7. The van der Waals surface area contributed by atoms with Crippen LogP contribution in [0.2, 0.25) is 0 Å². The molecule has 0 saturated carbocycles. The molecule has 228 valence electrons. The maximum absolute atomic E-state index is 14.5. The van der Waals surface area contributed by atoms with E-state index in [1.165, 1.54) is 17.8 Å². The highest BCUT2D eigenvalue weighted by atomic mass is 32.2. The number of phenolic OH excluding ortho intramolecular Hbond substituents is 1. The quantitative estimate of drug-likeness (QED) is 0.150. The fourth-order valence-corrected chi connectivity index (χ4v) is 5.94. The molecule has 9 nitrogen and oxygen atoms in total. The van der Waals surface area contributed by atoms with Gasteiger partial charge >= 0.3 is 6.03 Å². The minimum atomic E-state index is -0.398. The van der Waals surface area contributed by atoms with Crippen LogP contribution in [0.25, 0.3) is 22.7 Å². The summed E-state index contributed by atoms with van der Waals surface area (Å²) in [6, 6.07) is 26.2. The third kappa shape index (κ3) is 6.52. The number of nitrogens with zero attached hydrogens (tertiary/aromatic N) is 5. The van der Waals surface area contributed by atoms with Gasteiger partial charge in [-0.1, -0.05) is 48.2 Å². The van der Waals surface area contributed by atoms with Gasteiger partial charge < -0.3 is 10.4 Å². The van der Waals surface area contributed by atoms with Gasteiger partial charge in [-0.25, -0.2) is 13.9 Å². The number of thioether (sulfide) groups is 1. The molecule has 0 aliphatic heterocycles. The molecule has 6 rings (SSSR count). The number of pyridine rings is 1. The van der Waals surface area contributed by atoms with Crippen molar-refractivity contribution in [2.24, 2.45) is 0 Å². The highest BCUT2D eigenvalue weighted by Gasteiger charge is 2.25. The van der Waals surface area contributed by atoms with Crippen molar-refractivity contribution < 1.29 is 14.3 Å². The Morgan fingerprint density at radius 3 is 2.58 bits per heavy atom. The zero-order valence-corrected chi connectivity index (χ0v) is 26.4. The van der Waals surface area contributed by atoms with Crippen LogP contribution in [-0.2, 0) is 11.3 Å². The molecular formula is C33H30FN7O2S2. The first-order valence-corrected chi connectivity index (χ1v) is 16.1. The summed E-state index contributed by atoms with van der Waals surface area (Å²) in [7, 11) is 0. The summed E-state index contributed by atoms with van der Waals surface area (Å²) in [6.07, 6.45) is 3.89. The number of carbonyl (C=O) groups excluding carboxylic acids is 1. The van der Waals surface area contributed by atoms with Crippen molar-refractivity contribution in [2.75, 3.05) is 11.6 Å². The highest BCUT2D eigenvalue weighted by Crippen LogP contribution is 2.35. The molecule has 12 heteroatoms. The number of aromatic hydroxyl groups is 1. The standard InChI is InChI=1S/C33H30FN7O2S2/c1-33(2,44-3)28-18-30(41(39-28)22-10-8-11-23(42)17-22)36-32(43)35-19-21-9-4-7-14-27(21)45-24-15-16-29-37-38-31(40(29)20-24)25-12-5-6-13-26(25)34/h4-18,20,42H,19H2,1-3H3,(H2,35,36,43). The van der Waals surface area contributed by atoms with E-state index in [-0.39, 0.29) is 22.9 Å². The Morgan fingerprint density at radius 1 is 0.978 bits per heavy atom. The number of hydrogen-bond donors (Lipinski definition) is 3. The van der Waals surface area contributed by atoms with Gasteiger partial charge in [-0.2, -0.15) is 16.9 Å². The predicted octanol–water partition coefficient (Wildman–Crippen LogP) is 7.50. The zero-order valence-electron chi connectivity index (χ0n) is 24.7. The molecule has 0 aliphatic carbocycles. The number of anilines is 1. The van der Waals surface area contributed by atoms with Gasteiger partial charge in [-0.3, -0.25) is 9.72 Å².